The highest BCUT2D eigenvalue weighted by atomic mass is 32.2. The number of fused-ring (bicyclic) bond motifs is 3. The number of nitrogens with zero attached hydrogens (tertiary/aromatic N) is 3. The summed E-state index contributed by atoms with van der Waals surface area (Å²) >= 11 is 0. The number of benzene rings is 2. The van der Waals surface area contributed by atoms with E-state index in [1.165, 1.54) is 0 Å². The van der Waals surface area contributed by atoms with Crippen LogP contribution in [0.2, 0.25) is 0 Å². The third-order valence-electron chi connectivity index (χ3n) is 4.28. The summed E-state index contributed by atoms with van der Waals surface area (Å²) in [6.45, 7) is 0. The van der Waals surface area contributed by atoms with E-state index in [1.807, 2.05) is 16.7 Å². The molecule has 144 valence electrons. The molecule has 0 aliphatic heterocycles. The van der Waals surface area contributed by atoms with Gasteiger partial charge in [0.05, 0.1) is 31.4 Å². The largest absolute Gasteiger partial charge is 0.493 e. The van der Waals surface area contributed by atoms with E-state index in [1.54, 1.807) is 51.0 Å². The molecule has 28 heavy (non-hydrogen) atoms. The van der Waals surface area contributed by atoms with Crippen molar-refractivity contribution in [3.05, 3.63) is 48.9 Å². The molecule has 0 atom stereocenters. The van der Waals surface area contributed by atoms with Crippen molar-refractivity contribution < 1.29 is 17.9 Å². The number of nitrogens with one attached hydrogen (secondary N) is 1. The fraction of sp³-hybridized carbons (Fsp3) is 0.111. The van der Waals surface area contributed by atoms with Gasteiger partial charge in [-0.25, -0.2) is 10.1 Å². The van der Waals surface area contributed by atoms with Crippen LogP contribution in [0.3, 0.4) is 0 Å². The molecule has 2 heterocycles. The highest BCUT2D eigenvalue weighted by Crippen LogP contribution is 2.35. The van der Waals surface area contributed by atoms with E-state index in [9.17, 15) is 8.42 Å². The lowest BCUT2D eigenvalue weighted by Gasteiger charge is -2.11. The predicted molar refractivity (Wildman–Crippen MR) is 106 cm³/mol. The number of nitrogens with two attached hydrogens (primary N) is 1. The molecule has 0 saturated carbocycles. The van der Waals surface area contributed by atoms with Gasteiger partial charge in [0.1, 0.15) is 11.8 Å². The molecule has 2 aromatic heterocycles. The highest BCUT2D eigenvalue weighted by molar-refractivity contribution is 7.90. The normalized spacial score (nSPS) is 11.7. The minimum absolute atomic E-state index is 0.369. The second-order valence-corrected chi connectivity index (χ2v) is 7.32. The molecule has 4 aromatic rings. The van der Waals surface area contributed by atoms with Gasteiger partial charge in [-0.15, -0.1) is 0 Å². The maximum atomic E-state index is 11.2. The molecule has 0 bridgehead atoms. The Hall–Kier alpha value is -3.37. The average molecular weight is 399 g/mol. The van der Waals surface area contributed by atoms with E-state index >= 15 is 0 Å². The van der Waals surface area contributed by atoms with Crippen LogP contribution in [0.5, 0.6) is 11.5 Å². The van der Waals surface area contributed by atoms with Crippen LogP contribution in [-0.2, 0) is 10.2 Å². The minimum Gasteiger partial charge on any atom is -0.493 e. The Morgan fingerprint density at radius 3 is 2.32 bits per heavy atom. The van der Waals surface area contributed by atoms with Crippen LogP contribution in [-0.4, -0.2) is 37.2 Å². The summed E-state index contributed by atoms with van der Waals surface area (Å²) < 4.78 is 37.2. The molecule has 0 radical (unpaired) electrons. The maximum Gasteiger partial charge on any atom is 0.296 e. The molecule has 2 aromatic carbocycles. The summed E-state index contributed by atoms with van der Waals surface area (Å²) in [4.78, 5) is 8.87. The molecule has 10 heteroatoms. The second-order valence-electron chi connectivity index (χ2n) is 6.02. The molecule has 0 aliphatic rings. The molecule has 0 fully saturated rings. The summed E-state index contributed by atoms with van der Waals surface area (Å²) in [6, 6.07) is 10.4. The Labute approximate surface area is 160 Å². The summed E-state index contributed by atoms with van der Waals surface area (Å²) in [7, 11) is -0.677. The van der Waals surface area contributed by atoms with Crippen LogP contribution >= 0.6 is 0 Å². The van der Waals surface area contributed by atoms with Gasteiger partial charge in [-0.2, -0.15) is 8.42 Å². The third kappa shape index (κ3) is 3.19. The van der Waals surface area contributed by atoms with Crippen molar-refractivity contribution in [3.63, 3.8) is 0 Å². The van der Waals surface area contributed by atoms with E-state index < -0.39 is 10.2 Å². The standard InChI is InChI=1S/C18H17N5O4S/c1-26-16-7-13-14(8-17(16)27-2)20-9-15-18(13)23(10-21-15)12-5-3-11(4-6-12)22-28(19,24)25/h3-10,22H,1-2H3,(H2,19,24,25). The summed E-state index contributed by atoms with van der Waals surface area (Å²) in [5.74, 6) is 1.18. The molecule has 0 spiro atoms. The molecular formula is C18H17N5O4S. The fourth-order valence-corrected chi connectivity index (χ4v) is 3.53. The Bertz CT molecular complexity index is 1280. The van der Waals surface area contributed by atoms with Crippen LogP contribution in [0.15, 0.2) is 48.9 Å². The van der Waals surface area contributed by atoms with Gasteiger partial charge in [-0.3, -0.25) is 14.3 Å². The smallest absolute Gasteiger partial charge is 0.296 e. The van der Waals surface area contributed by atoms with Crippen molar-refractivity contribution >= 4 is 37.8 Å². The molecule has 0 unspecified atom stereocenters. The Morgan fingerprint density at radius 1 is 1.00 bits per heavy atom. The first-order valence-corrected chi connectivity index (χ1v) is 9.73. The van der Waals surface area contributed by atoms with Crippen molar-refractivity contribution in [1.29, 1.82) is 0 Å². The SMILES string of the molecule is COc1cc2ncc3ncn(-c4ccc(NS(N)(=O)=O)cc4)c3c2cc1OC. The van der Waals surface area contributed by atoms with E-state index in [-0.39, 0.29) is 0 Å². The van der Waals surface area contributed by atoms with E-state index in [4.69, 9.17) is 14.6 Å². The zero-order valence-electron chi connectivity index (χ0n) is 15.1. The van der Waals surface area contributed by atoms with Crippen molar-refractivity contribution in [1.82, 2.24) is 14.5 Å². The Kier molecular flexibility index (Phi) is 4.28. The first kappa shape index (κ1) is 18.0. The van der Waals surface area contributed by atoms with Crippen LogP contribution in [0.1, 0.15) is 0 Å². The lowest BCUT2D eigenvalue weighted by molar-refractivity contribution is 0.356. The van der Waals surface area contributed by atoms with E-state index in [0.29, 0.717) is 22.7 Å². The van der Waals surface area contributed by atoms with E-state index in [0.717, 1.165) is 22.1 Å². The molecular weight excluding hydrogens is 382 g/mol. The molecule has 0 saturated heterocycles. The van der Waals surface area contributed by atoms with Gasteiger partial charge in [0.2, 0.25) is 0 Å². The number of hydrogen-bond acceptors (Lipinski definition) is 6. The highest BCUT2D eigenvalue weighted by Gasteiger charge is 2.14. The van der Waals surface area contributed by atoms with Gasteiger partial charge >= 0.3 is 0 Å². The molecule has 0 aliphatic carbocycles. The Balaban J connectivity index is 1.89. The average Bonchev–Trinajstić information content (AvgIpc) is 3.10. The predicted octanol–water partition coefficient (Wildman–Crippen LogP) is 2.21. The number of anilines is 1. The van der Waals surface area contributed by atoms with Gasteiger partial charge in [0.25, 0.3) is 10.2 Å². The van der Waals surface area contributed by atoms with E-state index in [2.05, 4.69) is 14.7 Å². The fourth-order valence-electron chi connectivity index (χ4n) is 3.07. The second kappa shape index (κ2) is 6.66. The monoisotopic (exact) mass is 399 g/mol. The zero-order chi connectivity index (χ0) is 19.9. The van der Waals surface area contributed by atoms with Crippen LogP contribution < -0.4 is 19.3 Å². The van der Waals surface area contributed by atoms with Crippen molar-refractivity contribution in [2.45, 2.75) is 0 Å². The van der Waals surface area contributed by atoms with Gasteiger partial charge < -0.3 is 9.47 Å². The first-order valence-electron chi connectivity index (χ1n) is 8.18. The Morgan fingerprint density at radius 2 is 1.68 bits per heavy atom. The first-order chi connectivity index (χ1) is 13.4. The number of imidazole rings is 1. The van der Waals surface area contributed by atoms with Gasteiger partial charge in [-0.1, -0.05) is 0 Å². The number of hydrogen-bond donors (Lipinski definition) is 2. The number of aromatic nitrogens is 3. The van der Waals surface area contributed by atoms with Gasteiger partial charge in [-0.05, 0) is 30.3 Å². The number of rotatable bonds is 5. The maximum absolute atomic E-state index is 11.2. The summed E-state index contributed by atoms with van der Waals surface area (Å²) in [5.41, 5.74) is 3.46. The summed E-state index contributed by atoms with van der Waals surface area (Å²) in [6.07, 6.45) is 3.38. The lowest BCUT2D eigenvalue weighted by atomic mass is 10.1. The van der Waals surface area contributed by atoms with Crippen LogP contribution in [0.4, 0.5) is 5.69 Å². The van der Waals surface area contributed by atoms with Crippen LogP contribution in [0, 0.1) is 0 Å². The molecule has 9 nitrogen and oxygen atoms in total. The number of pyridine rings is 1. The van der Waals surface area contributed by atoms with Gasteiger partial charge in [0.15, 0.2) is 11.5 Å². The zero-order valence-corrected chi connectivity index (χ0v) is 15.9. The number of ether oxygens (including phenoxy) is 2. The topological polar surface area (TPSA) is 121 Å². The number of methoxy groups -OCH3 is 2. The summed E-state index contributed by atoms with van der Waals surface area (Å²) in [5, 5.41) is 5.85. The lowest BCUT2D eigenvalue weighted by Crippen LogP contribution is -2.21. The quantitative estimate of drug-likeness (QED) is 0.531. The van der Waals surface area contributed by atoms with Crippen LogP contribution in [0.25, 0.3) is 27.6 Å². The third-order valence-corrected chi connectivity index (χ3v) is 4.80. The molecule has 3 N–H and O–H groups in total. The van der Waals surface area contributed by atoms with Crippen molar-refractivity contribution in [2.75, 3.05) is 18.9 Å². The van der Waals surface area contributed by atoms with Gasteiger partial charge in [0, 0.05) is 22.8 Å². The van der Waals surface area contributed by atoms with Crippen molar-refractivity contribution in [2.24, 2.45) is 5.14 Å². The minimum atomic E-state index is -3.82. The molecule has 0 amide bonds. The van der Waals surface area contributed by atoms with Crippen molar-refractivity contribution in [3.8, 4) is 17.2 Å². The molecule has 4 rings (SSSR count).